The van der Waals surface area contributed by atoms with E-state index in [1.165, 1.54) is 4.90 Å². The summed E-state index contributed by atoms with van der Waals surface area (Å²) in [6.07, 6.45) is -1.96. The van der Waals surface area contributed by atoms with E-state index in [0.717, 1.165) is 54.6 Å². The van der Waals surface area contributed by atoms with E-state index in [4.69, 9.17) is 0 Å². The zero-order chi connectivity index (χ0) is 31.4. The molecule has 236 valence electrons. The van der Waals surface area contributed by atoms with Crippen molar-refractivity contribution in [2.45, 2.75) is 49.3 Å². The Hall–Kier alpha value is -3.27. The Morgan fingerprint density at radius 1 is 1.16 bits per heavy atom. The monoisotopic (exact) mass is 650 g/mol. The minimum Gasteiger partial charge on any atom is -0.395 e. The minimum atomic E-state index is -4.82. The Morgan fingerprint density at radius 2 is 1.93 bits per heavy atom. The quantitative estimate of drug-likeness (QED) is 0.391. The molecule has 44 heavy (non-hydrogen) atoms. The molecule has 1 amide bonds. The lowest BCUT2D eigenvalue weighted by atomic mass is 10.1. The molecule has 3 aliphatic rings. The number of nitrogens with zero attached hydrogens (tertiary/aromatic N) is 5. The van der Waals surface area contributed by atoms with Gasteiger partial charge in [-0.3, -0.25) is 9.69 Å². The van der Waals surface area contributed by atoms with E-state index in [-0.39, 0.29) is 51.6 Å². The molecule has 2 N–H and O–H groups in total. The Labute approximate surface area is 257 Å². The van der Waals surface area contributed by atoms with E-state index in [2.05, 4.69) is 25.1 Å². The molecule has 15 heteroatoms. The molecular formula is C29H33F3N6O4S2. The summed E-state index contributed by atoms with van der Waals surface area (Å²) in [4.78, 5) is 26.9. The van der Waals surface area contributed by atoms with Crippen LogP contribution in [-0.4, -0.2) is 96.9 Å². The van der Waals surface area contributed by atoms with Crippen LogP contribution in [0.3, 0.4) is 0 Å². The molecule has 1 saturated carbocycles. The van der Waals surface area contributed by atoms with E-state index in [0.29, 0.717) is 24.8 Å². The third-order valence-corrected chi connectivity index (χ3v) is 11.4. The van der Waals surface area contributed by atoms with Crippen LogP contribution in [0.15, 0.2) is 35.4 Å². The standard InChI is InChI=1S/C29H33F3N6O4S2/c1-3-17-12-19(37-9-8-36(2)20(15-37)16-39)6-7-22(17)34-28-33-14-21(29(30,31)32)25(35-28)23-13-24-26(43-23)27(40)38(18-4-5-18)10-11-44(24,41)42/h6-7,12-14,18,20,39H,3-5,8-11,15-16H2,1-2H3,(H,33,34,35). The van der Waals surface area contributed by atoms with Gasteiger partial charge in [0.2, 0.25) is 5.95 Å². The number of fused-ring (bicyclic) bond motifs is 1. The first-order valence-corrected chi connectivity index (χ1v) is 16.9. The second-order valence-corrected chi connectivity index (χ2v) is 14.5. The number of aliphatic hydroxyl groups is 1. The number of carbonyl (C=O) groups excluding carboxylic acids is 1. The number of aryl methyl sites for hydroxylation is 1. The molecular weight excluding hydrogens is 617 g/mol. The Balaban J connectivity index is 1.34. The number of benzene rings is 1. The number of hydrogen-bond acceptors (Lipinski definition) is 10. The first-order chi connectivity index (χ1) is 20.9. The number of sulfone groups is 1. The zero-order valence-corrected chi connectivity index (χ0v) is 25.9. The van der Waals surface area contributed by atoms with Crippen LogP contribution in [0.25, 0.3) is 10.6 Å². The van der Waals surface area contributed by atoms with E-state index in [1.54, 1.807) is 0 Å². The van der Waals surface area contributed by atoms with Crippen LogP contribution in [0.2, 0.25) is 0 Å². The summed E-state index contributed by atoms with van der Waals surface area (Å²) >= 11 is 0.719. The van der Waals surface area contributed by atoms with Crippen molar-refractivity contribution >= 4 is 44.4 Å². The highest BCUT2D eigenvalue weighted by atomic mass is 32.2. The summed E-state index contributed by atoms with van der Waals surface area (Å²) in [6.45, 7) is 4.32. The van der Waals surface area contributed by atoms with Gasteiger partial charge in [0.1, 0.15) is 10.4 Å². The molecule has 0 radical (unpaired) electrons. The highest BCUT2D eigenvalue weighted by molar-refractivity contribution is 7.91. The first kappa shape index (κ1) is 30.7. The Kier molecular flexibility index (Phi) is 8.09. The number of thiophene rings is 1. The number of rotatable bonds is 7. The first-order valence-electron chi connectivity index (χ1n) is 14.5. The predicted molar refractivity (Wildman–Crippen MR) is 161 cm³/mol. The lowest BCUT2D eigenvalue weighted by Crippen LogP contribution is -2.53. The topological polar surface area (TPSA) is 119 Å². The molecule has 10 nitrogen and oxygen atoms in total. The van der Waals surface area contributed by atoms with Gasteiger partial charge < -0.3 is 20.2 Å². The summed E-state index contributed by atoms with van der Waals surface area (Å²) < 4.78 is 68.6. The maximum absolute atomic E-state index is 14.2. The van der Waals surface area contributed by atoms with Gasteiger partial charge in [0.25, 0.3) is 5.91 Å². The minimum absolute atomic E-state index is 0.0138. The van der Waals surface area contributed by atoms with Crippen LogP contribution >= 0.6 is 11.3 Å². The molecule has 6 rings (SSSR count). The summed E-state index contributed by atoms with van der Waals surface area (Å²) in [5.74, 6) is -0.849. The van der Waals surface area contributed by atoms with Crippen LogP contribution in [-0.2, 0) is 22.4 Å². The molecule has 0 bridgehead atoms. The average molecular weight is 651 g/mol. The van der Waals surface area contributed by atoms with Gasteiger partial charge in [0.15, 0.2) is 9.84 Å². The van der Waals surface area contributed by atoms with Crippen molar-refractivity contribution in [3.63, 3.8) is 0 Å². The van der Waals surface area contributed by atoms with Gasteiger partial charge in [-0.2, -0.15) is 13.2 Å². The van der Waals surface area contributed by atoms with Crippen molar-refractivity contribution in [3.8, 4) is 10.6 Å². The zero-order valence-electron chi connectivity index (χ0n) is 24.3. The Morgan fingerprint density at radius 3 is 2.61 bits per heavy atom. The number of hydrogen-bond donors (Lipinski definition) is 2. The van der Waals surface area contributed by atoms with Crippen LogP contribution in [0.1, 0.15) is 40.6 Å². The van der Waals surface area contributed by atoms with Gasteiger partial charge in [-0.15, -0.1) is 11.3 Å². The second-order valence-electron chi connectivity index (χ2n) is 11.4. The molecule has 0 spiro atoms. The van der Waals surface area contributed by atoms with Crippen LogP contribution in [0.4, 0.5) is 30.5 Å². The molecule has 2 fully saturated rings. The van der Waals surface area contributed by atoms with Crippen molar-refractivity contribution in [1.29, 1.82) is 0 Å². The molecule has 2 aliphatic heterocycles. The molecule has 4 heterocycles. The number of likely N-dealkylation sites (N-methyl/N-ethyl adjacent to an activating group) is 1. The van der Waals surface area contributed by atoms with E-state index >= 15 is 0 Å². The van der Waals surface area contributed by atoms with Crippen LogP contribution in [0.5, 0.6) is 0 Å². The van der Waals surface area contributed by atoms with E-state index < -0.39 is 33.2 Å². The fourth-order valence-electron chi connectivity index (χ4n) is 5.69. The van der Waals surface area contributed by atoms with Gasteiger partial charge in [-0.05, 0) is 56.1 Å². The normalized spacial score (nSPS) is 20.9. The Bertz CT molecular complexity index is 1690. The van der Waals surface area contributed by atoms with Crippen molar-refractivity contribution in [3.05, 3.63) is 46.5 Å². The fraction of sp³-hybridized carbons (Fsp3) is 0.483. The van der Waals surface area contributed by atoms with E-state index in [9.17, 15) is 31.5 Å². The highest BCUT2D eigenvalue weighted by Crippen LogP contribution is 2.43. The van der Waals surface area contributed by atoms with Gasteiger partial charge in [0.05, 0.1) is 33.9 Å². The third-order valence-electron chi connectivity index (χ3n) is 8.47. The molecule has 1 aliphatic carbocycles. The fourth-order valence-corrected chi connectivity index (χ4v) is 8.61. The van der Waals surface area contributed by atoms with Crippen molar-refractivity contribution < 1.29 is 31.5 Å². The van der Waals surface area contributed by atoms with Gasteiger partial charge in [0, 0.05) is 49.8 Å². The molecule has 3 aromatic rings. The second kappa shape index (κ2) is 11.6. The lowest BCUT2D eigenvalue weighted by molar-refractivity contribution is -0.137. The highest BCUT2D eigenvalue weighted by Gasteiger charge is 2.41. The molecule has 1 atom stereocenters. The summed E-state index contributed by atoms with van der Waals surface area (Å²) in [5.41, 5.74) is 0.875. The summed E-state index contributed by atoms with van der Waals surface area (Å²) in [6, 6.07) is 6.86. The van der Waals surface area contributed by atoms with Crippen molar-refractivity contribution in [1.82, 2.24) is 19.8 Å². The average Bonchev–Trinajstić information content (AvgIpc) is 3.73. The van der Waals surface area contributed by atoms with Crippen LogP contribution in [0, 0.1) is 0 Å². The predicted octanol–water partition coefficient (Wildman–Crippen LogP) is 4.03. The van der Waals surface area contributed by atoms with Crippen LogP contribution < -0.4 is 10.2 Å². The van der Waals surface area contributed by atoms with Gasteiger partial charge in [-0.1, -0.05) is 6.92 Å². The number of halogens is 3. The number of amides is 1. The number of carbonyl (C=O) groups is 1. The molecule has 1 saturated heterocycles. The lowest BCUT2D eigenvalue weighted by Gasteiger charge is -2.40. The molecule has 1 unspecified atom stereocenters. The van der Waals surface area contributed by atoms with Gasteiger partial charge >= 0.3 is 6.18 Å². The molecule has 2 aromatic heterocycles. The van der Waals surface area contributed by atoms with E-state index in [1.807, 2.05) is 32.2 Å². The SMILES string of the molecule is CCc1cc(N2CCN(C)C(CO)C2)ccc1Nc1ncc(C(F)(F)F)c(-c2cc3c(s2)C(=O)N(C2CC2)CCS3(=O)=O)n1. The number of piperazine rings is 1. The summed E-state index contributed by atoms with van der Waals surface area (Å²) in [5, 5.41) is 12.8. The number of anilines is 3. The number of nitrogens with one attached hydrogen (secondary N) is 1. The number of aromatic nitrogens is 2. The smallest absolute Gasteiger partial charge is 0.395 e. The third kappa shape index (κ3) is 5.89. The number of aliphatic hydroxyl groups excluding tert-OH is 1. The maximum Gasteiger partial charge on any atom is 0.420 e. The summed E-state index contributed by atoms with van der Waals surface area (Å²) in [7, 11) is -1.91. The van der Waals surface area contributed by atoms with Gasteiger partial charge in [-0.25, -0.2) is 18.4 Å². The van der Waals surface area contributed by atoms with Crippen molar-refractivity contribution in [2.75, 3.05) is 55.8 Å². The molecule has 1 aromatic carbocycles. The van der Waals surface area contributed by atoms with Crippen molar-refractivity contribution in [2.24, 2.45) is 0 Å². The number of alkyl halides is 3. The maximum atomic E-state index is 14.2. The largest absolute Gasteiger partial charge is 0.420 e.